The third-order valence-corrected chi connectivity index (χ3v) is 2.78. The van der Waals surface area contributed by atoms with Crippen molar-refractivity contribution in [1.29, 1.82) is 0 Å². The fourth-order valence-electron chi connectivity index (χ4n) is 1.83. The predicted molar refractivity (Wildman–Crippen MR) is 66.4 cm³/mol. The molecule has 1 saturated carbocycles. The summed E-state index contributed by atoms with van der Waals surface area (Å²) in [7, 11) is 1.82. The largest absolute Gasteiger partial charge is 0.373 e. The lowest BCUT2D eigenvalue weighted by molar-refractivity contribution is 0.640. The van der Waals surface area contributed by atoms with E-state index in [1.807, 2.05) is 13.1 Å². The number of rotatable bonds is 5. The lowest BCUT2D eigenvalue weighted by Crippen LogP contribution is -2.17. The molecule has 88 valence electrons. The SMILES string of the molecule is CNc1cc(NC(C)CC2CC2)nc(N)n1. The van der Waals surface area contributed by atoms with E-state index in [-0.39, 0.29) is 0 Å². The first-order chi connectivity index (χ1) is 7.67. The van der Waals surface area contributed by atoms with Crippen molar-refractivity contribution >= 4 is 17.6 Å². The second-order valence-corrected chi connectivity index (χ2v) is 4.47. The lowest BCUT2D eigenvalue weighted by Gasteiger charge is -2.14. The van der Waals surface area contributed by atoms with Crippen molar-refractivity contribution in [2.45, 2.75) is 32.2 Å². The van der Waals surface area contributed by atoms with Crippen molar-refractivity contribution < 1.29 is 0 Å². The number of anilines is 3. The van der Waals surface area contributed by atoms with Crippen LogP contribution in [0.15, 0.2) is 6.07 Å². The summed E-state index contributed by atoms with van der Waals surface area (Å²) in [6.45, 7) is 2.18. The van der Waals surface area contributed by atoms with Crippen LogP contribution in [0.2, 0.25) is 0 Å². The standard InChI is InChI=1S/C11H19N5/c1-7(5-8-3-4-8)14-10-6-9(13-2)15-11(12)16-10/h6-8H,3-5H2,1-2H3,(H4,12,13,14,15,16). The molecule has 1 aliphatic carbocycles. The summed E-state index contributed by atoms with van der Waals surface area (Å²) in [5.41, 5.74) is 5.62. The van der Waals surface area contributed by atoms with Crippen LogP contribution in [0.5, 0.6) is 0 Å². The van der Waals surface area contributed by atoms with E-state index in [0.29, 0.717) is 12.0 Å². The fourth-order valence-corrected chi connectivity index (χ4v) is 1.83. The summed E-state index contributed by atoms with van der Waals surface area (Å²) in [6, 6.07) is 2.31. The molecule has 1 heterocycles. The first kappa shape index (κ1) is 11.0. The average Bonchev–Trinajstić information content (AvgIpc) is 3.00. The summed E-state index contributed by atoms with van der Waals surface area (Å²) in [4.78, 5) is 8.21. The maximum atomic E-state index is 5.62. The van der Waals surface area contributed by atoms with E-state index < -0.39 is 0 Å². The molecule has 0 amide bonds. The van der Waals surface area contributed by atoms with Crippen LogP contribution in [0.4, 0.5) is 17.6 Å². The van der Waals surface area contributed by atoms with Gasteiger partial charge in [-0.05, 0) is 19.3 Å². The van der Waals surface area contributed by atoms with Crippen LogP contribution in [-0.2, 0) is 0 Å². The molecule has 4 N–H and O–H groups in total. The molecule has 0 spiro atoms. The van der Waals surface area contributed by atoms with Crippen LogP contribution < -0.4 is 16.4 Å². The van der Waals surface area contributed by atoms with Crippen molar-refractivity contribution in [3.63, 3.8) is 0 Å². The van der Waals surface area contributed by atoms with Gasteiger partial charge in [-0.3, -0.25) is 0 Å². The van der Waals surface area contributed by atoms with Gasteiger partial charge in [0.25, 0.3) is 0 Å². The third kappa shape index (κ3) is 2.98. The van der Waals surface area contributed by atoms with Crippen molar-refractivity contribution in [3.8, 4) is 0 Å². The van der Waals surface area contributed by atoms with E-state index in [9.17, 15) is 0 Å². The minimum absolute atomic E-state index is 0.299. The second-order valence-electron chi connectivity index (χ2n) is 4.47. The molecule has 1 fully saturated rings. The molecule has 16 heavy (non-hydrogen) atoms. The Hall–Kier alpha value is -1.52. The highest BCUT2D eigenvalue weighted by molar-refractivity contribution is 5.51. The number of nitrogens with two attached hydrogens (primary N) is 1. The van der Waals surface area contributed by atoms with Gasteiger partial charge in [0.2, 0.25) is 5.95 Å². The van der Waals surface area contributed by atoms with Crippen molar-refractivity contribution in [3.05, 3.63) is 6.07 Å². The van der Waals surface area contributed by atoms with Crippen LogP contribution in [0.25, 0.3) is 0 Å². The molecule has 0 bridgehead atoms. The summed E-state index contributed by atoms with van der Waals surface area (Å²) in [6.07, 6.45) is 3.96. The molecule has 1 atom stereocenters. The Bertz CT molecular complexity index is 361. The topological polar surface area (TPSA) is 75.9 Å². The van der Waals surface area contributed by atoms with Crippen LogP contribution in [0, 0.1) is 5.92 Å². The number of hydrogen-bond acceptors (Lipinski definition) is 5. The maximum absolute atomic E-state index is 5.62. The quantitative estimate of drug-likeness (QED) is 0.705. The van der Waals surface area contributed by atoms with Gasteiger partial charge in [0.15, 0.2) is 0 Å². The molecule has 2 rings (SSSR count). The highest BCUT2D eigenvalue weighted by Crippen LogP contribution is 2.34. The molecule has 1 aromatic heterocycles. The lowest BCUT2D eigenvalue weighted by atomic mass is 10.1. The molecule has 0 radical (unpaired) electrons. The van der Waals surface area contributed by atoms with Crippen LogP contribution in [0.1, 0.15) is 26.2 Å². The predicted octanol–water partition coefficient (Wildman–Crippen LogP) is 1.70. The average molecular weight is 221 g/mol. The molecule has 5 nitrogen and oxygen atoms in total. The van der Waals surface area contributed by atoms with Crippen molar-refractivity contribution in [1.82, 2.24) is 9.97 Å². The Morgan fingerprint density at radius 1 is 1.44 bits per heavy atom. The zero-order valence-corrected chi connectivity index (χ0v) is 9.83. The third-order valence-electron chi connectivity index (χ3n) is 2.78. The summed E-state index contributed by atoms with van der Waals surface area (Å²) in [5.74, 6) is 2.75. The molecule has 1 aromatic rings. The van der Waals surface area contributed by atoms with Gasteiger partial charge in [0.1, 0.15) is 11.6 Å². The molecule has 0 aliphatic heterocycles. The zero-order chi connectivity index (χ0) is 11.5. The molecular weight excluding hydrogens is 202 g/mol. The molecule has 0 aromatic carbocycles. The van der Waals surface area contributed by atoms with E-state index >= 15 is 0 Å². The molecule has 0 saturated heterocycles. The Morgan fingerprint density at radius 3 is 2.75 bits per heavy atom. The Labute approximate surface area is 95.9 Å². The Balaban J connectivity index is 1.98. The summed E-state index contributed by atoms with van der Waals surface area (Å²) in [5, 5.41) is 6.32. The Kier molecular flexibility index (Phi) is 3.12. The van der Waals surface area contributed by atoms with Gasteiger partial charge < -0.3 is 16.4 Å². The first-order valence-corrected chi connectivity index (χ1v) is 5.76. The minimum Gasteiger partial charge on any atom is -0.373 e. The van der Waals surface area contributed by atoms with Gasteiger partial charge in [0.05, 0.1) is 0 Å². The highest BCUT2D eigenvalue weighted by atomic mass is 15.1. The van der Waals surface area contributed by atoms with Crippen LogP contribution in [0.3, 0.4) is 0 Å². The van der Waals surface area contributed by atoms with E-state index in [4.69, 9.17) is 5.73 Å². The molecular formula is C11H19N5. The van der Waals surface area contributed by atoms with Crippen LogP contribution >= 0.6 is 0 Å². The molecule has 5 heteroatoms. The van der Waals surface area contributed by atoms with E-state index in [1.54, 1.807) is 0 Å². The highest BCUT2D eigenvalue weighted by Gasteiger charge is 2.23. The summed E-state index contributed by atoms with van der Waals surface area (Å²) < 4.78 is 0. The van der Waals surface area contributed by atoms with E-state index in [0.717, 1.165) is 17.6 Å². The zero-order valence-electron chi connectivity index (χ0n) is 9.83. The number of hydrogen-bond donors (Lipinski definition) is 3. The normalized spacial score (nSPS) is 16.9. The molecule has 1 unspecified atom stereocenters. The van der Waals surface area contributed by atoms with E-state index in [2.05, 4.69) is 27.5 Å². The van der Waals surface area contributed by atoms with Gasteiger partial charge in [0, 0.05) is 19.2 Å². The number of nitrogens with zero attached hydrogens (tertiary/aromatic N) is 2. The van der Waals surface area contributed by atoms with Crippen molar-refractivity contribution in [2.24, 2.45) is 5.92 Å². The van der Waals surface area contributed by atoms with Crippen LogP contribution in [-0.4, -0.2) is 23.1 Å². The fraction of sp³-hybridized carbons (Fsp3) is 0.636. The van der Waals surface area contributed by atoms with Gasteiger partial charge >= 0.3 is 0 Å². The first-order valence-electron chi connectivity index (χ1n) is 5.76. The monoisotopic (exact) mass is 221 g/mol. The summed E-state index contributed by atoms with van der Waals surface area (Å²) >= 11 is 0. The smallest absolute Gasteiger partial charge is 0.223 e. The van der Waals surface area contributed by atoms with Gasteiger partial charge in [-0.1, -0.05) is 12.8 Å². The maximum Gasteiger partial charge on any atom is 0.223 e. The van der Waals surface area contributed by atoms with Crippen molar-refractivity contribution in [2.75, 3.05) is 23.4 Å². The minimum atomic E-state index is 0.299. The second kappa shape index (κ2) is 4.55. The van der Waals surface area contributed by atoms with Gasteiger partial charge in [-0.25, -0.2) is 0 Å². The number of nitrogen functional groups attached to an aromatic ring is 1. The van der Waals surface area contributed by atoms with E-state index in [1.165, 1.54) is 19.3 Å². The molecule has 1 aliphatic rings. The number of nitrogens with one attached hydrogen (secondary N) is 2. The van der Waals surface area contributed by atoms with Gasteiger partial charge in [-0.2, -0.15) is 9.97 Å². The Morgan fingerprint density at radius 2 is 2.12 bits per heavy atom. The number of aromatic nitrogens is 2. The van der Waals surface area contributed by atoms with Gasteiger partial charge in [-0.15, -0.1) is 0 Å².